The molecule has 1 N–H and O–H groups in total. The molecule has 164 valence electrons. The number of fused-ring (bicyclic) bond motifs is 3. The van der Waals surface area contributed by atoms with E-state index in [1.807, 2.05) is 17.4 Å². The quantitative estimate of drug-likeness (QED) is 0.438. The number of methoxy groups -OCH3 is 2. The number of aryl methyl sites for hydroxylation is 3. The number of benzene rings is 1. The van der Waals surface area contributed by atoms with Crippen molar-refractivity contribution in [1.82, 2.24) is 4.98 Å². The van der Waals surface area contributed by atoms with Gasteiger partial charge in [-0.2, -0.15) is 0 Å². The summed E-state index contributed by atoms with van der Waals surface area (Å²) in [6, 6.07) is 6.12. The minimum absolute atomic E-state index is 0.203. The van der Waals surface area contributed by atoms with Gasteiger partial charge in [-0.25, -0.2) is 4.98 Å². The Balaban J connectivity index is 1.89. The van der Waals surface area contributed by atoms with Crippen molar-refractivity contribution in [2.75, 3.05) is 14.2 Å². The zero-order valence-electron chi connectivity index (χ0n) is 18.4. The lowest BCUT2D eigenvalue weighted by molar-refractivity contribution is -0.137. The van der Waals surface area contributed by atoms with Gasteiger partial charge in [-0.05, 0) is 86.3 Å². The van der Waals surface area contributed by atoms with Crippen LogP contribution in [0.4, 0.5) is 0 Å². The van der Waals surface area contributed by atoms with E-state index in [1.165, 1.54) is 39.8 Å². The first kappa shape index (κ1) is 21.6. The van der Waals surface area contributed by atoms with Crippen LogP contribution in [-0.2, 0) is 24.1 Å². The van der Waals surface area contributed by atoms with Crippen molar-refractivity contribution in [3.05, 3.63) is 39.9 Å². The molecule has 0 saturated carbocycles. The molecule has 0 aliphatic heterocycles. The molecule has 0 bridgehead atoms. The Bertz CT molecular complexity index is 1120. The summed E-state index contributed by atoms with van der Waals surface area (Å²) in [7, 11) is 3.31. The highest BCUT2D eigenvalue weighted by molar-refractivity contribution is 7.19. The number of carboxylic acids is 1. The van der Waals surface area contributed by atoms with Gasteiger partial charge in [0.25, 0.3) is 0 Å². The number of ether oxygens (including phenoxy) is 2. The Morgan fingerprint density at radius 1 is 1.13 bits per heavy atom. The first-order valence-electron chi connectivity index (χ1n) is 10.9. The monoisotopic (exact) mass is 439 g/mol. The number of aromatic nitrogens is 1. The van der Waals surface area contributed by atoms with E-state index in [9.17, 15) is 4.79 Å². The van der Waals surface area contributed by atoms with Gasteiger partial charge >= 0.3 is 5.97 Å². The molecule has 0 amide bonds. The van der Waals surface area contributed by atoms with Crippen molar-refractivity contribution in [3.8, 4) is 22.6 Å². The van der Waals surface area contributed by atoms with Gasteiger partial charge in [0.2, 0.25) is 0 Å². The Hall–Kier alpha value is -2.60. The second kappa shape index (κ2) is 9.27. The third-order valence-electron chi connectivity index (χ3n) is 6.15. The highest BCUT2D eigenvalue weighted by Crippen LogP contribution is 2.44. The van der Waals surface area contributed by atoms with Gasteiger partial charge in [0.15, 0.2) is 11.5 Å². The van der Waals surface area contributed by atoms with Crippen LogP contribution in [0.25, 0.3) is 21.3 Å². The summed E-state index contributed by atoms with van der Waals surface area (Å²) in [4.78, 5) is 18.5. The zero-order chi connectivity index (χ0) is 22.0. The number of rotatable bonds is 8. The summed E-state index contributed by atoms with van der Waals surface area (Å²) in [5.41, 5.74) is 6.04. The van der Waals surface area contributed by atoms with Crippen LogP contribution in [0.15, 0.2) is 18.2 Å². The van der Waals surface area contributed by atoms with Crippen LogP contribution in [-0.4, -0.2) is 30.3 Å². The van der Waals surface area contributed by atoms with Crippen molar-refractivity contribution in [3.63, 3.8) is 0 Å². The first-order valence-corrected chi connectivity index (χ1v) is 11.7. The lowest BCUT2D eigenvalue weighted by Gasteiger charge is -2.18. The molecule has 5 nitrogen and oxygen atoms in total. The number of hydrogen-bond donors (Lipinski definition) is 1. The topological polar surface area (TPSA) is 68.7 Å². The lowest BCUT2D eigenvalue weighted by atomic mass is 9.88. The van der Waals surface area contributed by atoms with Crippen LogP contribution in [0.5, 0.6) is 11.5 Å². The smallest absolute Gasteiger partial charge is 0.303 e. The average Bonchev–Trinajstić information content (AvgIpc) is 3.13. The first-order chi connectivity index (χ1) is 15.0. The van der Waals surface area contributed by atoms with Gasteiger partial charge in [-0.3, -0.25) is 4.79 Å². The second-order valence-electron chi connectivity index (χ2n) is 8.11. The van der Waals surface area contributed by atoms with E-state index < -0.39 is 5.97 Å². The van der Waals surface area contributed by atoms with Gasteiger partial charge in [0, 0.05) is 22.4 Å². The zero-order valence-corrected chi connectivity index (χ0v) is 19.2. The van der Waals surface area contributed by atoms with E-state index in [2.05, 4.69) is 19.1 Å². The van der Waals surface area contributed by atoms with Gasteiger partial charge in [-0.1, -0.05) is 6.07 Å². The summed E-state index contributed by atoms with van der Waals surface area (Å²) < 4.78 is 11.1. The van der Waals surface area contributed by atoms with E-state index in [1.54, 1.807) is 14.2 Å². The molecule has 1 aliphatic carbocycles. The third-order valence-corrected chi connectivity index (χ3v) is 7.34. The van der Waals surface area contributed by atoms with E-state index in [4.69, 9.17) is 19.6 Å². The molecular formula is C25H29NO4S. The van der Waals surface area contributed by atoms with Crippen LogP contribution in [0.2, 0.25) is 0 Å². The molecule has 3 aromatic rings. The molecule has 0 saturated heterocycles. The molecule has 0 fully saturated rings. The molecular weight excluding hydrogens is 410 g/mol. The molecule has 6 heteroatoms. The van der Waals surface area contributed by atoms with Crippen LogP contribution in [0.3, 0.4) is 0 Å². The van der Waals surface area contributed by atoms with Crippen molar-refractivity contribution in [1.29, 1.82) is 0 Å². The molecule has 0 spiro atoms. The number of thiophene rings is 1. The predicted molar refractivity (Wildman–Crippen MR) is 125 cm³/mol. The Morgan fingerprint density at radius 2 is 1.90 bits per heavy atom. The predicted octanol–water partition coefficient (Wildman–Crippen LogP) is 5.97. The molecule has 2 heterocycles. The molecule has 4 rings (SSSR count). The normalized spacial score (nSPS) is 13.3. The highest BCUT2D eigenvalue weighted by Gasteiger charge is 2.24. The van der Waals surface area contributed by atoms with E-state index in [-0.39, 0.29) is 6.42 Å². The fourth-order valence-corrected chi connectivity index (χ4v) is 5.95. The average molecular weight is 440 g/mol. The number of carbonyl (C=O) groups is 1. The fourth-order valence-electron chi connectivity index (χ4n) is 4.63. The van der Waals surface area contributed by atoms with Crippen molar-refractivity contribution < 1.29 is 19.4 Å². The summed E-state index contributed by atoms with van der Waals surface area (Å²) in [6.07, 6.45) is 7.20. The van der Waals surface area contributed by atoms with Crippen LogP contribution in [0.1, 0.15) is 53.8 Å². The number of aliphatic carboxylic acids is 1. The maximum absolute atomic E-state index is 11.0. The van der Waals surface area contributed by atoms with Gasteiger partial charge in [0.05, 0.1) is 14.2 Å². The Labute approximate surface area is 187 Å². The molecule has 0 radical (unpaired) electrons. The minimum Gasteiger partial charge on any atom is -0.493 e. The fraction of sp³-hybridized carbons (Fsp3) is 0.440. The Kier molecular flexibility index (Phi) is 6.46. The van der Waals surface area contributed by atoms with Crippen molar-refractivity contribution in [2.45, 2.75) is 58.3 Å². The SMILES string of the molecule is COc1ccc(-c2c(CCCCC(=O)O)c(C)nc3sc4c(c23)CCCC4)cc1OC. The van der Waals surface area contributed by atoms with Gasteiger partial charge in [0.1, 0.15) is 4.83 Å². The van der Waals surface area contributed by atoms with Crippen LogP contribution in [0, 0.1) is 6.92 Å². The summed E-state index contributed by atoms with van der Waals surface area (Å²) in [6.45, 7) is 2.08. The third kappa shape index (κ3) is 4.26. The van der Waals surface area contributed by atoms with Gasteiger partial charge < -0.3 is 14.6 Å². The Morgan fingerprint density at radius 3 is 2.65 bits per heavy atom. The molecule has 31 heavy (non-hydrogen) atoms. The van der Waals surface area contributed by atoms with Crippen LogP contribution >= 0.6 is 11.3 Å². The number of hydrogen-bond acceptors (Lipinski definition) is 5. The maximum Gasteiger partial charge on any atom is 0.303 e. The standard InChI is InChI=1S/C25H29NO4S/c1-15-17(8-5-7-11-22(27)28)23(16-12-13-19(29-2)20(14-16)30-3)24-18-9-4-6-10-21(18)31-25(24)26-15/h12-14H,4-11H2,1-3H3,(H,27,28). The minimum atomic E-state index is -0.739. The molecule has 1 aromatic carbocycles. The molecule has 2 aromatic heterocycles. The largest absolute Gasteiger partial charge is 0.493 e. The van der Waals surface area contributed by atoms with Crippen molar-refractivity contribution >= 4 is 27.5 Å². The number of carboxylic acid groups (broad SMARTS) is 1. The second-order valence-corrected chi connectivity index (χ2v) is 9.20. The van der Waals surface area contributed by atoms with E-state index >= 15 is 0 Å². The maximum atomic E-state index is 11.0. The number of unbranched alkanes of at least 4 members (excludes halogenated alkanes) is 1. The number of nitrogens with zero attached hydrogens (tertiary/aromatic N) is 1. The van der Waals surface area contributed by atoms with E-state index in [0.29, 0.717) is 17.9 Å². The molecule has 0 atom stereocenters. The summed E-state index contributed by atoms with van der Waals surface area (Å²) in [5.74, 6) is 0.685. The van der Waals surface area contributed by atoms with Crippen molar-refractivity contribution in [2.24, 2.45) is 0 Å². The lowest BCUT2D eigenvalue weighted by Crippen LogP contribution is -2.03. The summed E-state index contributed by atoms with van der Waals surface area (Å²) >= 11 is 1.84. The van der Waals surface area contributed by atoms with E-state index in [0.717, 1.165) is 41.8 Å². The van der Waals surface area contributed by atoms with Crippen LogP contribution < -0.4 is 9.47 Å². The highest BCUT2D eigenvalue weighted by atomic mass is 32.1. The molecule has 1 aliphatic rings. The molecule has 0 unspecified atom stereocenters. The number of pyridine rings is 1. The summed E-state index contributed by atoms with van der Waals surface area (Å²) in [5, 5.41) is 10.3. The van der Waals surface area contributed by atoms with Gasteiger partial charge in [-0.15, -0.1) is 11.3 Å².